The summed E-state index contributed by atoms with van der Waals surface area (Å²) in [5, 5.41) is 9.35. The van der Waals surface area contributed by atoms with Crippen LogP contribution in [0.1, 0.15) is 30.9 Å². The maximum atomic E-state index is 12.0. The van der Waals surface area contributed by atoms with Gasteiger partial charge in [0.1, 0.15) is 0 Å². The van der Waals surface area contributed by atoms with E-state index in [4.69, 9.17) is 16.7 Å². The van der Waals surface area contributed by atoms with Gasteiger partial charge >= 0.3 is 5.97 Å². The third kappa shape index (κ3) is 5.21. The summed E-state index contributed by atoms with van der Waals surface area (Å²) in [6, 6.07) is 5.77. The lowest BCUT2D eigenvalue weighted by Crippen LogP contribution is -2.32. The summed E-state index contributed by atoms with van der Waals surface area (Å²) in [5.41, 5.74) is 2.03. The molecular weight excluding hydrogens is 278 g/mol. The third-order valence-electron chi connectivity index (χ3n) is 3.19. The minimum Gasteiger partial charge on any atom is -0.481 e. The number of aryl methyl sites for hydroxylation is 2. The fourth-order valence-electron chi connectivity index (χ4n) is 1.89. The van der Waals surface area contributed by atoms with Crippen LogP contribution in [0, 0.1) is 6.92 Å². The average Bonchev–Trinajstić information content (AvgIpc) is 2.40. The minimum absolute atomic E-state index is 0.0179. The highest BCUT2D eigenvalue weighted by molar-refractivity contribution is 6.31. The summed E-state index contributed by atoms with van der Waals surface area (Å²) >= 11 is 6.04. The molecule has 4 nitrogen and oxygen atoms in total. The molecule has 5 heteroatoms. The van der Waals surface area contributed by atoms with Crippen LogP contribution in [0.15, 0.2) is 18.2 Å². The highest BCUT2D eigenvalue weighted by Crippen LogP contribution is 2.17. The quantitative estimate of drug-likeness (QED) is 0.842. The Morgan fingerprint density at radius 1 is 1.30 bits per heavy atom. The number of amides is 1. The van der Waals surface area contributed by atoms with Gasteiger partial charge in [0.15, 0.2) is 0 Å². The number of rotatable bonds is 7. The molecule has 0 unspecified atom stereocenters. The van der Waals surface area contributed by atoms with Gasteiger partial charge in [0.2, 0.25) is 5.91 Å². The summed E-state index contributed by atoms with van der Waals surface area (Å²) < 4.78 is 0. The maximum Gasteiger partial charge on any atom is 0.305 e. The molecule has 0 atom stereocenters. The highest BCUT2D eigenvalue weighted by atomic mass is 35.5. The fraction of sp³-hybridized carbons (Fsp3) is 0.467. The second-order valence-electron chi connectivity index (χ2n) is 4.70. The van der Waals surface area contributed by atoms with Crippen molar-refractivity contribution < 1.29 is 14.7 Å². The van der Waals surface area contributed by atoms with E-state index in [0.717, 1.165) is 11.1 Å². The molecule has 0 aromatic heterocycles. The number of hydrogen-bond acceptors (Lipinski definition) is 2. The van der Waals surface area contributed by atoms with Gasteiger partial charge in [-0.2, -0.15) is 0 Å². The smallest absolute Gasteiger partial charge is 0.305 e. The lowest BCUT2D eigenvalue weighted by Gasteiger charge is -2.20. The van der Waals surface area contributed by atoms with E-state index in [-0.39, 0.29) is 18.9 Å². The summed E-state index contributed by atoms with van der Waals surface area (Å²) in [6.45, 7) is 4.57. The van der Waals surface area contributed by atoms with Crippen LogP contribution in [-0.2, 0) is 16.0 Å². The van der Waals surface area contributed by atoms with E-state index in [1.165, 1.54) is 0 Å². The Morgan fingerprint density at radius 2 is 2.00 bits per heavy atom. The van der Waals surface area contributed by atoms with Gasteiger partial charge in [-0.05, 0) is 37.5 Å². The molecule has 1 aromatic rings. The van der Waals surface area contributed by atoms with Crippen molar-refractivity contribution in [3.8, 4) is 0 Å². The van der Waals surface area contributed by atoms with Gasteiger partial charge in [-0.25, -0.2) is 0 Å². The Balaban J connectivity index is 2.52. The Bertz CT molecular complexity index is 488. The molecule has 0 saturated carbocycles. The molecule has 0 bridgehead atoms. The molecule has 1 rings (SSSR count). The second-order valence-corrected chi connectivity index (χ2v) is 5.11. The first-order chi connectivity index (χ1) is 9.43. The first-order valence-electron chi connectivity index (χ1n) is 6.68. The summed E-state index contributed by atoms with van der Waals surface area (Å²) in [7, 11) is 0. The first kappa shape index (κ1) is 16.5. The molecule has 0 aliphatic heterocycles. The highest BCUT2D eigenvalue weighted by Gasteiger charge is 2.13. The van der Waals surface area contributed by atoms with Crippen molar-refractivity contribution in [2.75, 3.05) is 13.1 Å². The molecule has 0 aliphatic carbocycles. The molecule has 20 heavy (non-hydrogen) atoms. The van der Waals surface area contributed by atoms with E-state index in [1.807, 2.05) is 32.0 Å². The van der Waals surface area contributed by atoms with E-state index in [2.05, 4.69) is 0 Å². The van der Waals surface area contributed by atoms with E-state index in [0.29, 0.717) is 24.4 Å². The molecule has 0 fully saturated rings. The largest absolute Gasteiger partial charge is 0.481 e. The van der Waals surface area contributed by atoms with Crippen LogP contribution in [-0.4, -0.2) is 35.0 Å². The van der Waals surface area contributed by atoms with Gasteiger partial charge in [0.05, 0.1) is 6.42 Å². The third-order valence-corrected chi connectivity index (χ3v) is 3.60. The Labute approximate surface area is 124 Å². The molecule has 0 radical (unpaired) electrons. The lowest BCUT2D eigenvalue weighted by molar-refractivity contribution is -0.138. The molecule has 110 valence electrons. The number of aliphatic carboxylic acids is 1. The monoisotopic (exact) mass is 297 g/mol. The van der Waals surface area contributed by atoms with Crippen molar-refractivity contribution in [2.45, 2.75) is 33.1 Å². The zero-order valence-corrected chi connectivity index (χ0v) is 12.6. The SMILES string of the molecule is CCN(CCC(=O)O)C(=O)CCc1ccc(C)c(Cl)c1. The van der Waals surface area contributed by atoms with Crippen molar-refractivity contribution in [2.24, 2.45) is 0 Å². The second kappa shape index (κ2) is 7.90. The van der Waals surface area contributed by atoms with Crippen LogP contribution in [0.25, 0.3) is 0 Å². The fourth-order valence-corrected chi connectivity index (χ4v) is 2.09. The average molecular weight is 298 g/mol. The van der Waals surface area contributed by atoms with E-state index in [9.17, 15) is 9.59 Å². The van der Waals surface area contributed by atoms with Crippen LogP contribution in [0.4, 0.5) is 0 Å². The molecule has 1 aromatic carbocycles. The number of hydrogen-bond donors (Lipinski definition) is 1. The zero-order chi connectivity index (χ0) is 15.1. The molecular formula is C15H20ClNO3. The number of carbonyl (C=O) groups excluding carboxylic acids is 1. The Kier molecular flexibility index (Phi) is 6.52. The molecule has 0 aliphatic rings. The van der Waals surface area contributed by atoms with E-state index < -0.39 is 5.97 Å². The lowest BCUT2D eigenvalue weighted by atomic mass is 10.1. The van der Waals surface area contributed by atoms with Crippen LogP contribution in [0.5, 0.6) is 0 Å². The summed E-state index contributed by atoms with van der Waals surface area (Å²) in [4.78, 5) is 24.1. The number of halogens is 1. The summed E-state index contributed by atoms with van der Waals surface area (Å²) in [5.74, 6) is -0.910. The standard InChI is InChI=1S/C15H20ClNO3/c1-3-17(9-8-15(19)20)14(18)7-6-12-5-4-11(2)13(16)10-12/h4-5,10H,3,6-9H2,1-2H3,(H,19,20). The minimum atomic E-state index is -0.887. The maximum absolute atomic E-state index is 12.0. The van der Waals surface area contributed by atoms with Gasteiger partial charge in [-0.1, -0.05) is 23.7 Å². The van der Waals surface area contributed by atoms with Crippen LogP contribution >= 0.6 is 11.6 Å². The molecule has 1 N–H and O–H groups in total. The Morgan fingerprint density at radius 3 is 2.55 bits per heavy atom. The van der Waals surface area contributed by atoms with Crippen molar-refractivity contribution >= 4 is 23.5 Å². The predicted molar refractivity (Wildman–Crippen MR) is 79.0 cm³/mol. The van der Waals surface area contributed by atoms with Crippen LogP contribution < -0.4 is 0 Å². The van der Waals surface area contributed by atoms with E-state index >= 15 is 0 Å². The summed E-state index contributed by atoms with van der Waals surface area (Å²) in [6.07, 6.45) is 0.963. The van der Waals surface area contributed by atoms with E-state index in [1.54, 1.807) is 4.90 Å². The molecule has 1 amide bonds. The topological polar surface area (TPSA) is 57.6 Å². The number of carbonyl (C=O) groups is 2. The normalized spacial score (nSPS) is 10.3. The van der Waals surface area contributed by atoms with Crippen molar-refractivity contribution in [3.05, 3.63) is 34.3 Å². The number of benzene rings is 1. The number of nitrogens with zero attached hydrogens (tertiary/aromatic N) is 1. The van der Waals surface area contributed by atoms with Crippen molar-refractivity contribution in [1.29, 1.82) is 0 Å². The van der Waals surface area contributed by atoms with Crippen molar-refractivity contribution in [3.63, 3.8) is 0 Å². The van der Waals surface area contributed by atoms with Crippen molar-refractivity contribution in [1.82, 2.24) is 4.90 Å². The molecule has 0 spiro atoms. The van der Waals surface area contributed by atoms with Gasteiger partial charge in [-0.15, -0.1) is 0 Å². The number of carboxylic acids is 1. The molecule has 0 saturated heterocycles. The van der Waals surface area contributed by atoms with Gasteiger partial charge in [-0.3, -0.25) is 9.59 Å². The molecule has 0 heterocycles. The Hall–Kier alpha value is -1.55. The van der Waals surface area contributed by atoms with Gasteiger partial charge in [0, 0.05) is 24.5 Å². The number of carboxylic acid groups (broad SMARTS) is 1. The van der Waals surface area contributed by atoms with Crippen LogP contribution in [0.2, 0.25) is 5.02 Å². The predicted octanol–water partition coefficient (Wildman–Crippen LogP) is 2.90. The van der Waals surface area contributed by atoms with Crippen LogP contribution in [0.3, 0.4) is 0 Å². The van der Waals surface area contributed by atoms with Gasteiger partial charge < -0.3 is 10.0 Å². The zero-order valence-electron chi connectivity index (χ0n) is 11.9. The van der Waals surface area contributed by atoms with Gasteiger partial charge in [0.25, 0.3) is 0 Å². The first-order valence-corrected chi connectivity index (χ1v) is 7.06.